The second-order valence-electron chi connectivity index (χ2n) is 6.87. The Morgan fingerprint density at radius 2 is 2.00 bits per heavy atom. The lowest BCUT2D eigenvalue weighted by Gasteiger charge is -2.35. The number of likely N-dealkylation sites (tertiary alicyclic amines) is 1. The van der Waals surface area contributed by atoms with Crippen LogP contribution in [0.4, 0.5) is 4.39 Å². The van der Waals surface area contributed by atoms with Crippen molar-refractivity contribution in [2.45, 2.75) is 32.7 Å². The van der Waals surface area contributed by atoms with Crippen molar-refractivity contribution in [3.05, 3.63) is 59.3 Å². The molecule has 1 aliphatic heterocycles. The SMILES string of the molecule is Cc1ccc(C(CNC(=O)c2ccccc2F)N2CCC(C)CC2)o1. The van der Waals surface area contributed by atoms with Gasteiger partial charge in [-0.3, -0.25) is 9.69 Å². The van der Waals surface area contributed by atoms with Gasteiger partial charge in [-0.2, -0.15) is 0 Å². The van der Waals surface area contributed by atoms with E-state index in [0.717, 1.165) is 43.4 Å². The first-order chi connectivity index (χ1) is 12.0. The Morgan fingerprint density at radius 1 is 1.28 bits per heavy atom. The van der Waals surface area contributed by atoms with E-state index in [1.54, 1.807) is 12.1 Å². The van der Waals surface area contributed by atoms with Crippen LogP contribution in [0.5, 0.6) is 0 Å². The summed E-state index contributed by atoms with van der Waals surface area (Å²) in [6.07, 6.45) is 2.27. The molecule has 1 amide bonds. The predicted molar refractivity (Wildman–Crippen MR) is 94.9 cm³/mol. The number of aryl methyl sites for hydroxylation is 1. The highest BCUT2D eigenvalue weighted by Gasteiger charge is 2.27. The van der Waals surface area contributed by atoms with Crippen LogP contribution in [-0.2, 0) is 0 Å². The van der Waals surface area contributed by atoms with Crippen LogP contribution in [0.15, 0.2) is 40.8 Å². The molecule has 134 valence electrons. The van der Waals surface area contributed by atoms with E-state index < -0.39 is 11.7 Å². The van der Waals surface area contributed by atoms with Gasteiger partial charge in [0.05, 0.1) is 11.6 Å². The zero-order valence-electron chi connectivity index (χ0n) is 14.8. The summed E-state index contributed by atoms with van der Waals surface area (Å²) in [5.74, 6) is 1.53. The minimum absolute atomic E-state index is 0.0306. The number of carbonyl (C=O) groups is 1. The molecule has 4 nitrogen and oxygen atoms in total. The van der Waals surface area contributed by atoms with Gasteiger partial charge in [-0.1, -0.05) is 19.1 Å². The first-order valence-electron chi connectivity index (χ1n) is 8.87. The van der Waals surface area contributed by atoms with Crippen LogP contribution in [0.2, 0.25) is 0 Å². The van der Waals surface area contributed by atoms with Gasteiger partial charge in [-0.25, -0.2) is 4.39 Å². The number of carbonyl (C=O) groups excluding carboxylic acids is 1. The molecule has 0 bridgehead atoms. The third kappa shape index (κ3) is 4.28. The number of hydrogen-bond donors (Lipinski definition) is 1. The highest BCUT2D eigenvalue weighted by Crippen LogP contribution is 2.27. The minimum atomic E-state index is -0.503. The average Bonchev–Trinajstić information content (AvgIpc) is 3.03. The van der Waals surface area contributed by atoms with Crippen LogP contribution in [0.3, 0.4) is 0 Å². The fraction of sp³-hybridized carbons (Fsp3) is 0.450. The van der Waals surface area contributed by atoms with E-state index in [4.69, 9.17) is 4.42 Å². The van der Waals surface area contributed by atoms with Gasteiger partial charge in [0.15, 0.2) is 0 Å². The summed E-state index contributed by atoms with van der Waals surface area (Å²) in [4.78, 5) is 14.7. The number of benzene rings is 1. The lowest BCUT2D eigenvalue weighted by molar-refractivity contribution is 0.0891. The number of furan rings is 1. The van der Waals surface area contributed by atoms with Crippen LogP contribution in [0.25, 0.3) is 0 Å². The van der Waals surface area contributed by atoms with Gasteiger partial charge in [0.2, 0.25) is 0 Å². The Bertz CT molecular complexity index is 720. The van der Waals surface area contributed by atoms with E-state index in [1.165, 1.54) is 12.1 Å². The molecular formula is C20H25FN2O2. The number of hydrogen-bond acceptors (Lipinski definition) is 3. The quantitative estimate of drug-likeness (QED) is 0.894. The maximum atomic E-state index is 13.8. The minimum Gasteiger partial charge on any atom is -0.465 e. The van der Waals surface area contributed by atoms with Gasteiger partial charge in [-0.15, -0.1) is 0 Å². The molecule has 25 heavy (non-hydrogen) atoms. The van der Waals surface area contributed by atoms with Gasteiger partial charge in [0, 0.05) is 6.54 Å². The smallest absolute Gasteiger partial charge is 0.254 e. The summed E-state index contributed by atoms with van der Waals surface area (Å²) in [6.45, 7) is 6.52. The summed E-state index contributed by atoms with van der Waals surface area (Å²) in [5, 5.41) is 2.88. The topological polar surface area (TPSA) is 45.5 Å². The van der Waals surface area contributed by atoms with Gasteiger partial charge in [0.25, 0.3) is 5.91 Å². The molecule has 1 aromatic heterocycles. The Balaban J connectivity index is 1.71. The third-order valence-corrected chi connectivity index (χ3v) is 4.92. The zero-order chi connectivity index (χ0) is 17.8. The van der Waals surface area contributed by atoms with Crippen LogP contribution < -0.4 is 5.32 Å². The molecule has 1 saturated heterocycles. The Kier molecular flexibility index (Phi) is 5.53. The lowest BCUT2D eigenvalue weighted by atomic mass is 9.97. The predicted octanol–water partition coefficient (Wildman–Crippen LogP) is 3.93. The normalized spacial score (nSPS) is 17.4. The summed E-state index contributed by atoms with van der Waals surface area (Å²) in [7, 11) is 0. The van der Waals surface area contributed by atoms with Gasteiger partial charge < -0.3 is 9.73 Å². The zero-order valence-corrected chi connectivity index (χ0v) is 14.8. The first-order valence-corrected chi connectivity index (χ1v) is 8.87. The van der Waals surface area contributed by atoms with Crippen molar-refractivity contribution < 1.29 is 13.6 Å². The molecule has 0 aliphatic carbocycles. The Labute approximate surface area is 148 Å². The van der Waals surface area contributed by atoms with Crippen molar-refractivity contribution >= 4 is 5.91 Å². The number of halogens is 1. The van der Waals surface area contributed by atoms with Gasteiger partial charge in [-0.05, 0) is 63.0 Å². The van der Waals surface area contributed by atoms with Crippen molar-refractivity contribution in [3.8, 4) is 0 Å². The molecule has 0 radical (unpaired) electrons. The highest BCUT2D eigenvalue weighted by atomic mass is 19.1. The number of amides is 1. The summed E-state index contributed by atoms with van der Waals surface area (Å²) in [6, 6.07) is 9.92. The second-order valence-corrected chi connectivity index (χ2v) is 6.87. The molecule has 1 fully saturated rings. The van der Waals surface area contributed by atoms with E-state index in [0.29, 0.717) is 6.54 Å². The standard InChI is InChI=1S/C20H25FN2O2/c1-14-9-11-23(12-10-14)18(19-8-7-15(2)25-19)13-22-20(24)16-5-3-4-6-17(16)21/h3-8,14,18H,9-13H2,1-2H3,(H,22,24). The number of rotatable bonds is 5. The Hall–Kier alpha value is -2.14. The fourth-order valence-corrected chi connectivity index (χ4v) is 3.31. The van der Waals surface area contributed by atoms with Crippen LogP contribution >= 0.6 is 0 Å². The molecule has 1 N–H and O–H groups in total. The molecule has 1 unspecified atom stereocenters. The first kappa shape index (κ1) is 17.7. The number of nitrogens with zero attached hydrogens (tertiary/aromatic N) is 1. The molecule has 1 aliphatic rings. The fourth-order valence-electron chi connectivity index (χ4n) is 3.31. The Morgan fingerprint density at radius 3 is 2.64 bits per heavy atom. The van der Waals surface area contributed by atoms with Crippen molar-refractivity contribution in [2.24, 2.45) is 5.92 Å². The maximum Gasteiger partial charge on any atom is 0.254 e. The molecule has 3 rings (SSSR count). The van der Waals surface area contributed by atoms with E-state index in [9.17, 15) is 9.18 Å². The molecule has 2 heterocycles. The molecule has 1 atom stereocenters. The second kappa shape index (κ2) is 7.83. The van der Waals surface area contributed by atoms with E-state index in [1.807, 2.05) is 19.1 Å². The lowest BCUT2D eigenvalue weighted by Crippen LogP contribution is -2.42. The average molecular weight is 344 g/mol. The van der Waals surface area contributed by atoms with E-state index in [2.05, 4.69) is 17.1 Å². The largest absolute Gasteiger partial charge is 0.465 e. The van der Waals surface area contributed by atoms with Crippen molar-refractivity contribution in [3.63, 3.8) is 0 Å². The molecule has 0 spiro atoms. The highest BCUT2D eigenvalue weighted by molar-refractivity contribution is 5.94. The van der Waals surface area contributed by atoms with Crippen molar-refractivity contribution in [1.29, 1.82) is 0 Å². The van der Waals surface area contributed by atoms with Gasteiger partial charge >= 0.3 is 0 Å². The monoisotopic (exact) mass is 344 g/mol. The third-order valence-electron chi connectivity index (χ3n) is 4.92. The molecule has 0 saturated carbocycles. The molecular weight excluding hydrogens is 319 g/mol. The van der Waals surface area contributed by atoms with Crippen LogP contribution in [0, 0.1) is 18.7 Å². The molecule has 5 heteroatoms. The van der Waals surface area contributed by atoms with Crippen molar-refractivity contribution in [1.82, 2.24) is 10.2 Å². The summed E-state index contributed by atoms with van der Waals surface area (Å²) in [5.41, 5.74) is 0.0733. The van der Waals surface area contributed by atoms with Crippen molar-refractivity contribution in [2.75, 3.05) is 19.6 Å². The summed E-state index contributed by atoms with van der Waals surface area (Å²) >= 11 is 0. The van der Waals surface area contributed by atoms with Crippen LogP contribution in [0.1, 0.15) is 47.7 Å². The molecule has 1 aromatic carbocycles. The van der Waals surface area contributed by atoms with Gasteiger partial charge in [0.1, 0.15) is 17.3 Å². The van der Waals surface area contributed by atoms with E-state index >= 15 is 0 Å². The number of piperidine rings is 1. The van der Waals surface area contributed by atoms with Crippen LogP contribution in [-0.4, -0.2) is 30.4 Å². The summed E-state index contributed by atoms with van der Waals surface area (Å²) < 4.78 is 19.6. The number of nitrogens with one attached hydrogen (secondary N) is 1. The molecule has 2 aromatic rings. The maximum absolute atomic E-state index is 13.8. The van der Waals surface area contributed by atoms with E-state index in [-0.39, 0.29) is 11.6 Å².